The molecule has 0 fully saturated rings. The monoisotopic (exact) mass is 329 g/mol. The third kappa shape index (κ3) is 4.93. The van der Waals surface area contributed by atoms with Gasteiger partial charge >= 0.3 is 5.97 Å². The van der Waals surface area contributed by atoms with Crippen molar-refractivity contribution in [1.29, 1.82) is 0 Å². The van der Waals surface area contributed by atoms with Gasteiger partial charge < -0.3 is 10.4 Å². The molecule has 1 rings (SSSR count). The molecular formula is C15H20ClNO3S. The number of carbonyl (C=O) groups is 2. The number of hydrogen-bond donors (Lipinski definition) is 2. The summed E-state index contributed by atoms with van der Waals surface area (Å²) < 4.78 is 0. The summed E-state index contributed by atoms with van der Waals surface area (Å²) in [7, 11) is 0. The number of rotatable bonds is 8. The van der Waals surface area contributed by atoms with Crippen LogP contribution in [-0.2, 0) is 9.59 Å². The summed E-state index contributed by atoms with van der Waals surface area (Å²) >= 11 is 7.35. The summed E-state index contributed by atoms with van der Waals surface area (Å²) in [6.07, 6.45) is 0.966. The maximum absolute atomic E-state index is 11.9. The highest BCUT2D eigenvalue weighted by molar-refractivity contribution is 8.00. The predicted molar refractivity (Wildman–Crippen MR) is 85.8 cm³/mol. The summed E-state index contributed by atoms with van der Waals surface area (Å²) in [4.78, 5) is 24.0. The molecule has 2 N–H and O–H groups in total. The first kappa shape index (κ1) is 17.9. The Bertz CT molecular complexity index is 503. The molecule has 0 aliphatic heterocycles. The van der Waals surface area contributed by atoms with Crippen molar-refractivity contribution in [3.8, 4) is 0 Å². The molecule has 0 aromatic heterocycles. The standard InChI is InChI=1S/C15H20ClNO3S/c1-3-15(4-2,14(19)20)10-17-13(18)9-21-12-8-6-5-7-11(12)16/h5-8H,3-4,9-10H2,1-2H3,(H,17,18)(H,19,20). The Hall–Kier alpha value is -1.20. The van der Waals surface area contributed by atoms with E-state index in [1.807, 2.05) is 32.0 Å². The molecule has 1 aromatic carbocycles. The Balaban J connectivity index is 2.51. The van der Waals surface area contributed by atoms with Crippen molar-refractivity contribution in [2.75, 3.05) is 12.3 Å². The van der Waals surface area contributed by atoms with Gasteiger partial charge in [0.15, 0.2) is 0 Å². The zero-order valence-corrected chi connectivity index (χ0v) is 13.8. The minimum atomic E-state index is -0.884. The molecule has 0 atom stereocenters. The van der Waals surface area contributed by atoms with Crippen LogP contribution in [0.1, 0.15) is 26.7 Å². The van der Waals surface area contributed by atoms with Crippen LogP contribution in [0.2, 0.25) is 5.02 Å². The fourth-order valence-electron chi connectivity index (χ4n) is 1.90. The van der Waals surface area contributed by atoms with Crippen molar-refractivity contribution in [2.45, 2.75) is 31.6 Å². The molecule has 0 saturated carbocycles. The van der Waals surface area contributed by atoms with Gasteiger partial charge in [0.25, 0.3) is 0 Å². The highest BCUT2D eigenvalue weighted by Crippen LogP contribution is 2.27. The number of halogens is 1. The largest absolute Gasteiger partial charge is 0.481 e. The van der Waals surface area contributed by atoms with Crippen molar-refractivity contribution in [2.24, 2.45) is 5.41 Å². The number of carboxylic acids is 1. The molecular weight excluding hydrogens is 310 g/mol. The van der Waals surface area contributed by atoms with Gasteiger partial charge in [-0.2, -0.15) is 0 Å². The normalized spacial score (nSPS) is 11.2. The van der Waals surface area contributed by atoms with E-state index in [2.05, 4.69) is 5.32 Å². The molecule has 4 nitrogen and oxygen atoms in total. The van der Waals surface area contributed by atoms with Crippen LogP contribution >= 0.6 is 23.4 Å². The molecule has 0 saturated heterocycles. The first-order chi connectivity index (χ1) is 9.95. The molecule has 0 aliphatic rings. The van der Waals surface area contributed by atoms with Gasteiger partial charge in [0.2, 0.25) is 5.91 Å². The van der Waals surface area contributed by atoms with Crippen molar-refractivity contribution >= 4 is 35.2 Å². The molecule has 0 bridgehead atoms. The van der Waals surface area contributed by atoms with E-state index < -0.39 is 11.4 Å². The minimum Gasteiger partial charge on any atom is -0.481 e. The smallest absolute Gasteiger partial charge is 0.311 e. The molecule has 1 amide bonds. The van der Waals surface area contributed by atoms with Crippen molar-refractivity contribution in [3.05, 3.63) is 29.3 Å². The van der Waals surface area contributed by atoms with Gasteiger partial charge in [0.1, 0.15) is 0 Å². The van der Waals surface area contributed by atoms with Crippen LogP contribution in [0.25, 0.3) is 0 Å². The SMILES string of the molecule is CCC(CC)(CNC(=O)CSc1ccccc1Cl)C(=O)O. The van der Waals surface area contributed by atoms with Crippen LogP contribution < -0.4 is 5.32 Å². The first-order valence-electron chi connectivity index (χ1n) is 6.82. The minimum absolute atomic E-state index is 0.150. The Morgan fingerprint density at radius 1 is 1.29 bits per heavy atom. The average Bonchev–Trinajstić information content (AvgIpc) is 2.47. The molecule has 1 aromatic rings. The van der Waals surface area contributed by atoms with E-state index in [4.69, 9.17) is 11.6 Å². The van der Waals surface area contributed by atoms with Gasteiger partial charge in [-0.3, -0.25) is 9.59 Å². The number of hydrogen-bond acceptors (Lipinski definition) is 3. The molecule has 0 aliphatic carbocycles. The second kappa shape index (κ2) is 8.29. The first-order valence-corrected chi connectivity index (χ1v) is 8.19. The quantitative estimate of drug-likeness (QED) is 0.717. The fourth-order valence-corrected chi connectivity index (χ4v) is 2.97. The lowest BCUT2D eigenvalue weighted by molar-refractivity contribution is -0.149. The zero-order chi connectivity index (χ0) is 15.9. The second-order valence-corrected chi connectivity index (χ2v) is 6.21. The Morgan fingerprint density at radius 2 is 1.90 bits per heavy atom. The lowest BCUT2D eigenvalue weighted by Crippen LogP contribution is -2.42. The lowest BCUT2D eigenvalue weighted by Gasteiger charge is -2.26. The highest BCUT2D eigenvalue weighted by atomic mass is 35.5. The maximum Gasteiger partial charge on any atom is 0.311 e. The fraction of sp³-hybridized carbons (Fsp3) is 0.467. The van der Waals surface area contributed by atoms with Crippen LogP contribution in [0.5, 0.6) is 0 Å². The van der Waals surface area contributed by atoms with E-state index in [1.54, 1.807) is 6.07 Å². The number of aliphatic carboxylic acids is 1. The van der Waals surface area contributed by atoms with Gasteiger partial charge in [-0.1, -0.05) is 37.6 Å². The second-order valence-electron chi connectivity index (χ2n) is 4.79. The number of nitrogens with one attached hydrogen (secondary N) is 1. The van der Waals surface area contributed by atoms with Crippen molar-refractivity contribution < 1.29 is 14.7 Å². The Labute approximate surface area is 134 Å². The third-order valence-corrected chi connectivity index (χ3v) is 5.14. The summed E-state index contributed by atoms with van der Waals surface area (Å²) in [6.45, 7) is 3.79. The molecule has 21 heavy (non-hydrogen) atoms. The Kier molecular flexibility index (Phi) is 7.05. The topological polar surface area (TPSA) is 66.4 Å². The highest BCUT2D eigenvalue weighted by Gasteiger charge is 2.35. The van der Waals surface area contributed by atoms with Gasteiger partial charge in [-0.05, 0) is 25.0 Å². The van der Waals surface area contributed by atoms with Crippen LogP contribution in [0.4, 0.5) is 0 Å². The van der Waals surface area contributed by atoms with Gasteiger partial charge in [0, 0.05) is 11.4 Å². The van der Waals surface area contributed by atoms with Gasteiger partial charge in [-0.15, -0.1) is 11.8 Å². The molecule has 0 unspecified atom stereocenters. The number of carboxylic acid groups (broad SMARTS) is 1. The predicted octanol–water partition coefficient (Wildman–Crippen LogP) is 3.44. The van der Waals surface area contributed by atoms with Crippen LogP contribution in [0.15, 0.2) is 29.2 Å². The molecule has 0 spiro atoms. The summed E-state index contributed by atoms with van der Waals surface area (Å²) in [5, 5.41) is 12.6. The van der Waals surface area contributed by atoms with E-state index in [0.717, 1.165) is 4.90 Å². The lowest BCUT2D eigenvalue weighted by atomic mass is 9.82. The number of benzene rings is 1. The van der Waals surface area contributed by atoms with E-state index in [-0.39, 0.29) is 18.2 Å². The van der Waals surface area contributed by atoms with E-state index >= 15 is 0 Å². The van der Waals surface area contributed by atoms with Gasteiger partial charge in [-0.25, -0.2) is 0 Å². The molecule has 6 heteroatoms. The van der Waals surface area contributed by atoms with Crippen molar-refractivity contribution in [3.63, 3.8) is 0 Å². The number of thioether (sulfide) groups is 1. The van der Waals surface area contributed by atoms with Crippen LogP contribution in [0, 0.1) is 5.41 Å². The van der Waals surface area contributed by atoms with E-state index in [0.29, 0.717) is 17.9 Å². The van der Waals surface area contributed by atoms with Crippen LogP contribution in [0.3, 0.4) is 0 Å². The molecule has 0 radical (unpaired) electrons. The third-order valence-electron chi connectivity index (χ3n) is 3.63. The number of amides is 1. The van der Waals surface area contributed by atoms with E-state index in [1.165, 1.54) is 11.8 Å². The molecule has 0 heterocycles. The van der Waals surface area contributed by atoms with Gasteiger partial charge in [0.05, 0.1) is 16.2 Å². The Morgan fingerprint density at radius 3 is 2.43 bits per heavy atom. The average molecular weight is 330 g/mol. The maximum atomic E-state index is 11.9. The van der Waals surface area contributed by atoms with E-state index in [9.17, 15) is 14.7 Å². The summed E-state index contributed by atoms with van der Waals surface area (Å²) in [5.41, 5.74) is -0.884. The van der Waals surface area contributed by atoms with Crippen LogP contribution in [-0.4, -0.2) is 29.3 Å². The summed E-state index contributed by atoms with van der Waals surface area (Å²) in [5.74, 6) is -0.841. The molecule has 116 valence electrons. The summed E-state index contributed by atoms with van der Waals surface area (Å²) in [6, 6.07) is 7.30. The zero-order valence-electron chi connectivity index (χ0n) is 12.2. The van der Waals surface area contributed by atoms with Crippen molar-refractivity contribution in [1.82, 2.24) is 5.32 Å². The number of carbonyl (C=O) groups excluding carboxylic acids is 1.